The fourth-order valence-electron chi connectivity index (χ4n) is 1.87. The number of anilines is 1. The minimum Gasteiger partial charge on any atom is -0.396 e. The van der Waals surface area contributed by atoms with Crippen molar-refractivity contribution in [2.45, 2.75) is 20.8 Å². The van der Waals surface area contributed by atoms with Crippen LogP contribution in [-0.4, -0.2) is 20.7 Å². The Morgan fingerprint density at radius 1 is 1.33 bits per heavy atom. The SMILES string of the molecule is Cc1ccnc(-n2nc(C)c(N)c2C)c1C(N)=O. The van der Waals surface area contributed by atoms with Gasteiger partial charge in [-0.05, 0) is 32.4 Å². The molecule has 0 saturated heterocycles. The van der Waals surface area contributed by atoms with Gasteiger partial charge in [-0.2, -0.15) is 5.10 Å². The second-order valence-corrected chi connectivity index (χ2v) is 4.19. The molecule has 2 heterocycles. The zero-order valence-electron chi connectivity index (χ0n) is 10.6. The third kappa shape index (κ3) is 1.71. The summed E-state index contributed by atoms with van der Waals surface area (Å²) in [5, 5.41) is 4.29. The third-order valence-electron chi connectivity index (χ3n) is 2.93. The molecule has 94 valence electrons. The number of carbonyl (C=O) groups excluding carboxylic acids is 1. The molecule has 0 aromatic carbocycles. The molecule has 0 aliphatic carbocycles. The summed E-state index contributed by atoms with van der Waals surface area (Å²) in [6, 6.07) is 1.73. The molecular formula is C12H15N5O. The lowest BCUT2D eigenvalue weighted by atomic mass is 10.1. The molecule has 0 radical (unpaired) electrons. The molecule has 4 N–H and O–H groups in total. The van der Waals surface area contributed by atoms with Crippen LogP contribution in [-0.2, 0) is 0 Å². The Labute approximate surface area is 105 Å². The summed E-state index contributed by atoms with van der Waals surface area (Å²) in [5.41, 5.74) is 14.4. The molecule has 0 unspecified atom stereocenters. The number of nitrogens with two attached hydrogens (primary N) is 2. The van der Waals surface area contributed by atoms with Crippen molar-refractivity contribution in [3.05, 3.63) is 34.8 Å². The Bertz CT molecular complexity index is 630. The lowest BCUT2D eigenvalue weighted by Gasteiger charge is -2.09. The van der Waals surface area contributed by atoms with Gasteiger partial charge in [0, 0.05) is 6.20 Å². The van der Waals surface area contributed by atoms with Gasteiger partial charge in [-0.25, -0.2) is 9.67 Å². The van der Waals surface area contributed by atoms with Crippen molar-refractivity contribution < 1.29 is 4.79 Å². The Morgan fingerprint density at radius 2 is 2.00 bits per heavy atom. The van der Waals surface area contributed by atoms with Crippen LogP contribution in [0.4, 0.5) is 5.69 Å². The minimum atomic E-state index is -0.526. The number of carbonyl (C=O) groups is 1. The summed E-state index contributed by atoms with van der Waals surface area (Å²) in [6.07, 6.45) is 1.61. The highest BCUT2D eigenvalue weighted by molar-refractivity contribution is 5.97. The van der Waals surface area contributed by atoms with Gasteiger partial charge in [0.25, 0.3) is 5.91 Å². The second kappa shape index (κ2) is 4.14. The third-order valence-corrected chi connectivity index (χ3v) is 2.93. The van der Waals surface area contributed by atoms with Gasteiger partial charge in [-0.1, -0.05) is 0 Å². The van der Waals surface area contributed by atoms with E-state index in [1.807, 2.05) is 6.92 Å². The van der Waals surface area contributed by atoms with Crippen molar-refractivity contribution in [2.24, 2.45) is 5.73 Å². The molecule has 2 aromatic heterocycles. The van der Waals surface area contributed by atoms with E-state index in [4.69, 9.17) is 11.5 Å². The lowest BCUT2D eigenvalue weighted by Crippen LogP contribution is -2.18. The maximum Gasteiger partial charge on any atom is 0.252 e. The smallest absolute Gasteiger partial charge is 0.252 e. The number of aryl methyl sites for hydroxylation is 2. The number of primary amides is 1. The van der Waals surface area contributed by atoms with Gasteiger partial charge in [-0.3, -0.25) is 4.79 Å². The molecule has 0 spiro atoms. The summed E-state index contributed by atoms with van der Waals surface area (Å²) in [4.78, 5) is 15.7. The lowest BCUT2D eigenvalue weighted by molar-refractivity contribution is 0.0999. The molecule has 6 nitrogen and oxygen atoms in total. The van der Waals surface area contributed by atoms with Crippen LogP contribution in [0, 0.1) is 20.8 Å². The molecule has 0 saturated carbocycles. The number of nitrogen functional groups attached to an aromatic ring is 1. The van der Waals surface area contributed by atoms with E-state index in [0.717, 1.165) is 11.3 Å². The number of hydrogen-bond donors (Lipinski definition) is 2. The van der Waals surface area contributed by atoms with Crippen LogP contribution in [0.25, 0.3) is 5.82 Å². The molecular weight excluding hydrogens is 230 g/mol. The molecule has 0 bridgehead atoms. The Hall–Kier alpha value is -2.37. The van der Waals surface area contributed by atoms with Gasteiger partial charge < -0.3 is 11.5 Å². The summed E-state index contributed by atoms with van der Waals surface area (Å²) >= 11 is 0. The Morgan fingerprint density at radius 3 is 2.50 bits per heavy atom. The molecule has 6 heteroatoms. The largest absolute Gasteiger partial charge is 0.396 e. The van der Waals surface area contributed by atoms with E-state index in [9.17, 15) is 4.79 Å². The number of rotatable bonds is 2. The standard InChI is InChI=1S/C12H15N5O/c1-6-4-5-15-12(9(6)11(14)18)17-8(3)10(13)7(2)16-17/h4-5H,13H2,1-3H3,(H2,14,18). The van der Waals surface area contributed by atoms with Crippen LogP contribution in [0.5, 0.6) is 0 Å². The van der Waals surface area contributed by atoms with Crippen LogP contribution in [0.3, 0.4) is 0 Å². The minimum absolute atomic E-state index is 0.364. The molecule has 18 heavy (non-hydrogen) atoms. The molecule has 2 aromatic rings. The normalized spacial score (nSPS) is 10.6. The predicted octanol–water partition coefficient (Wildman–Crippen LogP) is 0.874. The van der Waals surface area contributed by atoms with Crippen LogP contribution in [0.15, 0.2) is 12.3 Å². The van der Waals surface area contributed by atoms with E-state index in [1.165, 1.54) is 0 Å². The number of nitrogens with zero attached hydrogens (tertiary/aromatic N) is 3. The van der Waals surface area contributed by atoms with E-state index in [2.05, 4.69) is 10.1 Å². The van der Waals surface area contributed by atoms with Gasteiger partial charge in [0.05, 0.1) is 22.6 Å². The highest BCUT2D eigenvalue weighted by atomic mass is 16.1. The number of hydrogen-bond acceptors (Lipinski definition) is 4. The van der Waals surface area contributed by atoms with Crippen molar-refractivity contribution >= 4 is 11.6 Å². The second-order valence-electron chi connectivity index (χ2n) is 4.19. The monoisotopic (exact) mass is 245 g/mol. The first-order chi connectivity index (χ1) is 8.43. The number of aromatic nitrogens is 3. The van der Waals surface area contributed by atoms with E-state index in [-0.39, 0.29) is 0 Å². The fourth-order valence-corrected chi connectivity index (χ4v) is 1.87. The zero-order valence-corrected chi connectivity index (χ0v) is 10.6. The maximum atomic E-state index is 11.5. The average Bonchev–Trinajstić information content (AvgIpc) is 2.56. The summed E-state index contributed by atoms with van der Waals surface area (Å²) < 4.78 is 1.55. The van der Waals surface area contributed by atoms with Crippen LogP contribution < -0.4 is 11.5 Å². The molecule has 1 amide bonds. The van der Waals surface area contributed by atoms with Gasteiger partial charge in [0.1, 0.15) is 0 Å². The molecule has 0 aliphatic heterocycles. The van der Waals surface area contributed by atoms with Gasteiger partial charge in [0.15, 0.2) is 5.82 Å². The fraction of sp³-hybridized carbons (Fsp3) is 0.250. The average molecular weight is 245 g/mol. The quantitative estimate of drug-likeness (QED) is 0.820. The van der Waals surface area contributed by atoms with Crippen molar-refractivity contribution in [2.75, 3.05) is 5.73 Å². The summed E-state index contributed by atoms with van der Waals surface area (Å²) in [7, 11) is 0. The van der Waals surface area contributed by atoms with Gasteiger partial charge in [0.2, 0.25) is 0 Å². The number of pyridine rings is 1. The van der Waals surface area contributed by atoms with Crippen molar-refractivity contribution in [3.63, 3.8) is 0 Å². The van der Waals surface area contributed by atoms with E-state index < -0.39 is 5.91 Å². The Balaban J connectivity index is 2.75. The maximum absolute atomic E-state index is 11.5. The summed E-state index contributed by atoms with van der Waals surface area (Å²) in [5.74, 6) is -0.110. The first kappa shape index (κ1) is 12.1. The first-order valence-electron chi connectivity index (χ1n) is 5.51. The van der Waals surface area contributed by atoms with E-state index in [1.54, 1.807) is 30.8 Å². The van der Waals surface area contributed by atoms with Crippen LogP contribution >= 0.6 is 0 Å². The highest BCUT2D eigenvalue weighted by Crippen LogP contribution is 2.21. The molecule has 0 aliphatic rings. The van der Waals surface area contributed by atoms with Crippen LogP contribution in [0.2, 0.25) is 0 Å². The molecule has 0 atom stereocenters. The predicted molar refractivity (Wildman–Crippen MR) is 68.5 cm³/mol. The van der Waals surface area contributed by atoms with Gasteiger partial charge >= 0.3 is 0 Å². The highest BCUT2D eigenvalue weighted by Gasteiger charge is 2.18. The number of amides is 1. The van der Waals surface area contributed by atoms with E-state index in [0.29, 0.717) is 22.8 Å². The van der Waals surface area contributed by atoms with Gasteiger partial charge in [-0.15, -0.1) is 0 Å². The van der Waals surface area contributed by atoms with E-state index >= 15 is 0 Å². The van der Waals surface area contributed by atoms with Crippen molar-refractivity contribution in [1.82, 2.24) is 14.8 Å². The molecule has 2 rings (SSSR count). The van der Waals surface area contributed by atoms with Crippen molar-refractivity contribution in [3.8, 4) is 5.82 Å². The van der Waals surface area contributed by atoms with Crippen LogP contribution in [0.1, 0.15) is 27.3 Å². The zero-order chi connectivity index (χ0) is 13.4. The first-order valence-corrected chi connectivity index (χ1v) is 5.51. The summed E-state index contributed by atoms with van der Waals surface area (Å²) in [6.45, 7) is 5.43. The topological polar surface area (TPSA) is 99.8 Å². The Kier molecular flexibility index (Phi) is 2.78. The van der Waals surface area contributed by atoms with Crippen molar-refractivity contribution in [1.29, 1.82) is 0 Å². The molecule has 0 fully saturated rings.